The fourth-order valence-corrected chi connectivity index (χ4v) is 1.29. The molecule has 1 rings (SSSR count). The monoisotopic (exact) mass is 159 g/mol. The average molecular weight is 160 g/mol. The van der Waals surface area contributed by atoms with E-state index in [2.05, 4.69) is 0 Å². The van der Waals surface area contributed by atoms with E-state index in [9.17, 15) is 4.57 Å². The standard InChI is InChI=1S/C6H5ClOP/c7-9(8)6-4-2-1-3-5-6/h1-5H. The molecule has 0 N–H and O–H groups in total. The first-order chi connectivity index (χ1) is 4.30. The third-order valence-corrected chi connectivity index (χ3v) is 2.25. The van der Waals surface area contributed by atoms with Crippen molar-refractivity contribution in [3.05, 3.63) is 30.3 Å². The van der Waals surface area contributed by atoms with Crippen molar-refractivity contribution in [3.8, 4) is 0 Å². The molecule has 1 unspecified atom stereocenters. The molecule has 1 nitrogen and oxygen atoms in total. The molecule has 0 bridgehead atoms. The van der Waals surface area contributed by atoms with Gasteiger partial charge >= 0.3 is 0 Å². The Morgan fingerprint density at radius 1 is 1.22 bits per heavy atom. The summed E-state index contributed by atoms with van der Waals surface area (Å²) < 4.78 is 10.6. The molecule has 0 aromatic heterocycles. The van der Waals surface area contributed by atoms with Crippen LogP contribution in [-0.4, -0.2) is 0 Å². The highest BCUT2D eigenvalue weighted by Crippen LogP contribution is 2.24. The summed E-state index contributed by atoms with van der Waals surface area (Å²) in [5.41, 5.74) is 0. The van der Waals surface area contributed by atoms with E-state index in [4.69, 9.17) is 11.2 Å². The first-order valence-corrected chi connectivity index (χ1v) is 4.65. The van der Waals surface area contributed by atoms with Crippen molar-refractivity contribution in [2.45, 2.75) is 0 Å². The molecule has 0 aliphatic rings. The third-order valence-electron chi connectivity index (χ3n) is 0.959. The SMILES string of the molecule is O=[P](Cl)c1ccccc1. The van der Waals surface area contributed by atoms with E-state index in [-0.39, 0.29) is 0 Å². The van der Waals surface area contributed by atoms with Crippen molar-refractivity contribution in [3.63, 3.8) is 0 Å². The first-order valence-electron chi connectivity index (χ1n) is 2.49. The molecular weight excluding hydrogens is 154 g/mol. The van der Waals surface area contributed by atoms with E-state index in [1.165, 1.54) is 0 Å². The smallest absolute Gasteiger partial charge is 0.200 e. The summed E-state index contributed by atoms with van der Waals surface area (Å²) in [6.45, 7) is 0. The van der Waals surface area contributed by atoms with Crippen LogP contribution in [0.4, 0.5) is 0 Å². The predicted octanol–water partition coefficient (Wildman–Crippen LogP) is 2.29. The molecule has 0 aliphatic heterocycles. The zero-order valence-corrected chi connectivity index (χ0v) is 6.27. The van der Waals surface area contributed by atoms with Gasteiger partial charge in [-0.25, -0.2) is 0 Å². The van der Waals surface area contributed by atoms with Gasteiger partial charge in [-0.3, -0.25) is 4.57 Å². The lowest BCUT2D eigenvalue weighted by atomic mass is 10.4. The Labute approximate surface area is 59.2 Å². The van der Waals surface area contributed by atoms with Crippen molar-refractivity contribution in [1.82, 2.24) is 0 Å². The van der Waals surface area contributed by atoms with Crippen molar-refractivity contribution in [1.29, 1.82) is 0 Å². The molecule has 1 atom stereocenters. The van der Waals surface area contributed by atoms with Gasteiger partial charge in [0, 0.05) is 5.30 Å². The van der Waals surface area contributed by atoms with Crippen LogP contribution >= 0.6 is 18.4 Å². The molecule has 47 valence electrons. The maximum atomic E-state index is 10.6. The van der Waals surface area contributed by atoms with Crippen LogP contribution < -0.4 is 5.30 Å². The molecule has 0 amide bonds. The summed E-state index contributed by atoms with van der Waals surface area (Å²) in [5.74, 6) is 0. The molecule has 0 spiro atoms. The average Bonchev–Trinajstić information content (AvgIpc) is 1.90. The van der Waals surface area contributed by atoms with Crippen LogP contribution in [0.25, 0.3) is 0 Å². The van der Waals surface area contributed by atoms with Gasteiger partial charge in [0.2, 0.25) is 7.15 Å². The van der Waals surface area contributed by atoms with E-state index >= 15 is 0 Å². The van der Waals surface area contributed by atoms with E-state index in [1.807, 2.05) is 18.2 Å². The molecule has 0 saturated carbocycles. The van der Waals surface area contributed by atoms with Gasteiger partial charge in [-0.1, -0.05) is 18.2 Å². The molecule has 0 heterocycles. The number of benzene rings is 1. The maximum Gasteiger partial charge on any atom is 0.200 e. The highest BCUT2D eigenvalue weighted by atomic mass is 35.7. The lowest BCUT2D eigenvalue weighted by Crippen LogP contribution is -1.88. The van der Waals surface area contributed by atoms with Gasteiger partial charge in [-0.2, -0.15) is 0 Å². The highest BCUT2D eigenvalue weighted by molar-refractivity contribution is 7.80. The van der Waals surface area contributed by atoms with E-state index in [0.717, 1.165) is 0 Å². The minimum absolute atomic E-state index is 0.689. The molecule has 0 fully saturated rings. The zero-order chi connectivity index (χ0) is 6.69. The Kier molecular flexibility index (Phi) is 2.21. The Bertz CT molecular complexity index is 210. The second kappa shape index (κ2) is 2.95. The first kappa shape index (κ1) is 6.73. The molecule has 1 aromatic rings. The van der Waals surface area contributed by atoms with Crippen LogP contribution in [0.5, 0.6) is 0 Å². The summed E-state index contributed by atoms with van der Waals surface area (Å²) >= 11 is 5.31. The summed E-state index contributed by atoms with van der Waals surface area (Å²) in [7, 11) is -1.67. The lowest BCUT2D eigenvalue weighted by Gasteiger charge is -1.87. The Morgan fingerprint density at radius 2 is 1.78 bits per heavy atom. The number of halogens is 1. The zero-order valence-electron chi connectivity index (χ0n) is 4.62. The molecule has 1 aromatic carbocycles. The minimum atomic E-state index is -1.67. The van der Waals surface area contributed by atoms with Gasteiger partial charge in [0.1, 0.15) is 0 Å². The van der Waals surface area contributed by atoms with Gasteiger partial charge in [0.25, 0.3) is 0 Å². The summed E-state index contributed by atoms with van der Waals surface area (Å²) in [4.78, 5) is 0. The second-order valence-electron chi connectivity index (χ2n) is 1.58. The van der Waals surface area contributed by atoms with Crippen LogP contribution in [0.3, 0.4) is 0 Å². The molecule has 0 aliphatic carbocycles. The van der Waals surface area contributed by atoms with Gasteiger partial charge in [-0.05, 0) is 23.4 Å². The molecule has 3 heteroatoms. The Hall–Kier alpha value is -0.390. The van der Waals surface area contributed by atoms with E-state index in [0.29, 0.717) is 5.30 Å². The topological polar surface area (TPSA) is 17.1 Å². The quantitative estimate of drug-likeness (QED) is 0.575. The molecule has 0 saturated heterocycles. The number of rotatable bonds is 1. The predicted molar refractivity (Wildman–Crippen MR) is 39.5 cm³/mol. The second-order valence-corrected chi connectivity index (χ2v) is 3.51. The van der Waals surface area contributed by atoms with Crippen LogP contribution in [0.1, 0.15) is 0 Å². The lowest BCUT2D eigenvalue weighted by molar-refractivity contribution is 0.600. The van der Waals surface area contributed by atoms with E-state index in [1.54, 1.807) is 12.1 Å². The summed E-state index contributed by atoms with van der Waals surface area (Å²) in [6, 6.07) is 8.96. The van der Waals surface area contributed by atoms with Gasteiger partial charge < -0.3 is 0 Å². The molecule has 9 heavy (non-hydrogen) atoms. The summed E-state index contributed by atoms with van der Waals surface area (Å²) in [6.07, 6.45) is 0. The molecule has 1 radical (unpaired) electrons. The number of hydrogen-bond acceptors (Lipinski definition) is 1. The normalized spacial score (nSPS) is 11.0. The van der Waals surface area contributed by atoms with Crippen LogP contribution in [-0.2, 0) is 4.57 Å². The van der Waals surface area contributed by atoms with E-state index < -0.39 is 7.15 Å². The minimum Gasteiger partial charge on any atom is -0.264 e. The third kappa shape index (κ3) is 1.78. The van der Waals surface area contributed by atoms with Crippen LogP contribution in [0.2, 0.25) is 0 Å². The Morgan fingerprint density at radius 3 is 2.11 bits per heavy atom. The highest BCUT2D eigenvalue weighted by Gasteiger charge is 1.94. The van der Waals surface area contributed by atoms with Crippen molar-refractivity contribution < 1.29 is 4.57 Å². The Balaban J connectivity index is 2.98. The largest absolute Gasteiger partial charge is 0.264 e. The van der Waals surface area contributed by atoms with Gasteiger partial charge in [-0.15, -0.1) is 0 Å². The maximum absolute atomic E-state index is 10.6. The number of hydrogen-bond donors (Lipinski definition) is 0. The van der Waals surface area contributed by atoms with Crippen molar-refractivity contribution >= 4 is 23.7 Å². The van der Waals surface area contributed by atoms with Crippen molar-refractivity contribution in [2.24, 2.45) is 0 Å². The van der Waals surface area contributed by atoms with Gasteiger partial charge in [0.15, 0.2) is 0 Å². The fourth-order valence-electron chi connectivity index (χ4n) is 0.545. The van der Waals surface area contributed by atoms with Crippen LogP contribution in [0, 0.1) is 0 Å². The fraction of sp³-hybridized carbons (Fsp3) is 0. The summed E-state index contributed by atoms with van der Waals surface area (Å²) in [5, 5.41) is 0.689. The molecular formula is C6H5ClOP. The van der Waals surface area contributed by atoms with Crippen molar-refractivity contribution in [2.75, 3.05) is 0 Å². The van der Waals surface area contributed by atoms with Crippen LogP contribution in [0.15, 0.2) is 30.3 Å². The van der Waals surface area contributed by atoms with Gasteiger partial charge in [0.05, 0.1) is 0 Å².